The topological polar surface area (TPSA) is 101 Å². The maximum absolute atomic E-state index is 12.3. The third-order valence-corrected chi connectivity index (χ3v) is 5.01. The van der Waals surface area contributed by atoms with E-state index in [4.69, 9.17) is 0 Å². The van der Waals surface area contributed by atoms with Gasteiger partial charge in [-0.15, -0.1) is 0 Å². The Morgan fingerprint density at radius 1 is 1.45 bits per heavy atom. The molecule has 1 fully saturated rings. The predicted octanol–water partition coefficient (Wildman–Crippen LogP) is 1.71. The molecular formula is C12H17N3O4S. The van der Waals surface area contributed by atoms with Crippen molar-refractivity contribution in [3.63, 3.8) is 0 Å². The van der Waals surface area contributed by atoms with Crippen molar-refractivity contribution in [2.24, 2.45) is 5.92 Å². The van der Waals surface area contributed by atoms with E-state index in [2.05, 4.69) is 10.0 Å². The zero-order valence-corrected chi connectivity index (χ0v) is 12.1. The van der Waals surface area contributed by atoms with Crippen LogP contribution in [0.15, 0.2) is 23.1 Å². The van der Waals surface area contributed by atoms with E-state index in [9.17, 15) is 18.5 Å². The Labute approximate surface area is 117 Å². The summed E-state index contributed by atoms with van der Waals surface area (Å²) in [5, 5.41) is 13.8. The van der Waals surface area contributed by atoms with Crippen LogP contribution in [0, 0.1) is 16.0 Å². The van der Waals surface area contributed by atoms with Crippen molar-refractivity contribution in [1.82, 2.24) is 4.72 Å². The highest BCUT2D eigenvalue weighted by Crippen LogP contribution is 2.35. The number of hydrogen-bond donors (Lipinski definition) is 2. The molecule has 110 valence electrons. The maximum atomic E-state index is 12.3. The number of nitrogens with zero attached hydrogens (tertiary/aromatic N) is 1. The van der Waals surface area contributed by atoms with Gasteiger partial charge in [-0.1, -0.05) is 13.3 Å². The number of nitro benzene ring substituents is 1. The van der Waals surface area contributed by atoms with Gasteiger partial charge in [-0.2, -0.15) is 0 Å². The standard InChI is InChI=1S/C12H17N3O4S/c1-3-8-6-10(8)14-20(18,19)12-7-9(13-2)4-5-11(12)15(16)17/h4-5,7-8,10,13-14H,3,6H2,1-2H3. The molecule has 0 bridgehead atoms. The van der Waals surface area contributed by atoms with Crippen LogP contribution < -0.4 is 10.0 Å². The largest absolute Gasteiger partial charge is 0.388 e. The molecule has 8 heteroatoms. The second-order valence-corrected chi connectivity index (χ2v) is 6.50. The molecular weight excluding hydrogens is 282 g/mol. The molecule has 7 nitrogen and oxygen atoms in total. The van der Waals surface area contributed by atoms with Gasteiger partial charge in [0.25, 0.3) is 5.69 Å². The first-order chi connectivity index (χ1) is 9.39. The Kier molecular flexibility index (Phi) is 3.96. The van der Waals surface area contributed by atoms with Crippen LogP contribution in [0.3, 0.4) is 0 Å². The summed E-state index contributed by atoms with van der Waals surface area (Å²) >= 11 is 0. The second kappa shape index (κ2) is 5.37. The van der Waals surface area contributed by atoms with Gasteiger partial charge in [-0.05, 0) is 24.5 Å². The Bertz CT molecular complexity index is 630. The predicted molar refractivity (Wildman–Crippen MR) is 75.2 cm³/mol. The zero-order valence-electron chi connectivity index (χ0n) is 11.3. The van der Waals surface area contributed by atoms with Crippen LogP contribution in [0.1, 0.15) is 19.8 Å². The molecule has 2 atom stereocenters. The van der Waals surface area contributed by atoms with Gasteiger partial charge in [0.15, 0.2) is 4.90 Å². The fourth-order valence-corrected chi connectivity index (χ4v) is 3.66. The van der Waals surface area contributed by atoms with E-state index in [1.54, 1.807) is 7.05 Å². The first-order valence-electron chi connectivity index (χ1n) is 6.37. The molecule has 0 heterocycles. The Morgan fingerprint density at radius 3 is 2.65 bits per heavy atom. The molecule has 1 aromatic rings. The van der Waals surface area contributed by atoms with E-state index < -0.39 is 20.6 Å². The van der Waals surface area contributed by atoms with Crippen molar-refractivity contribution in [2.75, 3.05) is 12.4 Å². The summed E-state index contributed by atoms with van der Waals surface area (Å²) in [5.41, 5.74) is 0.101. The Morgan fingerprint density at radius 2 is 2.15 bits per heavy atom. The van der Waals surface area contributed by atoms with E-state index in [0.717, 1.165) is 12.8 Å². The molecule has 2 unspecified atom stereocenters. The third kappa shape index (κ3) is 2.91. The lowest BCUT2D eigenvalue weighted by atomic mass is 10.3. The van der Waals surface area contributed by atoms with Crippen LogP contribution >= 0.6 is 0 Å². The summed E-state index contributed by atoms with van der Waals surface area (Å²) < 4.78 is 27.1. The summed E-state index contributed by atoms with van der Waals surface area (Å²) in [6.45, 7) is 1.99. The summed E-state index contributed by atoms with van der Waals surface area (Å²) in [5.74, 6) is 0.330. The summed E-state index contributed by atoms with van der Waals surface area (Å²) in [6, 6.07) is 3.85. The number of nitro groups is 1. The van der Waals surface area contributed by atoms with E-state index in [1.807, 2.05) is 6.92 Å². The minimum atomic E-state index is -3.88. The SMILES string of the molecule is CCC1CC1NS(=O)(=O)c1cc(NC)ccc1[N+](=O)[O-]. The molecule has 2 rings (SSSR count). The van der Waals surface area contributed by atoms with E-state index in [-0.39, 0.29) is 10.9 Å². The molecule has 0 saturated heterocycles. The highest BCUT2D eigenvalue weighted by molar-refractivity contribution is 7.89. The number of benzene rings is 1. The van der Waals surface area contributed by atoms with Gasteiger partial charge in [-0.25, -0.2) is 13.1 Å². The van der Waals surface area contributed by atoms with Gasteiger partial charge < -0.3 is 5.32 Å². The van der Waals surface area contributed by atoms with E-state index in [0.29, 0.717) is 11.6 Å². The maximum Gasteiger partial charge on any atom is 0.289 e. The van der Waals surface area contributed by atoms with Crippen molar-refractivity contribution >= 4 is 21.4 Å². The number of nitrogens with one attached hydrogen (secondary N) is 2. The molecule has 1 saturated carbocycles. The van der Waals surface area contributed by atoms with Crippen LogP contribution in [-0.4, -0.2) is 26.4 Å². The molecule has 0 amide bonds. The van der Waals surface area contributed by atoms with Crippen molar-refractivity contribution in [3.8, 4) is 0 Å². The normalized spacial score (nSPS) is 21.5. The lowest BCUT2D eigenvalue weighted by Gasteiger charge is -2.08. The van der Waals surface area contributed by atoms with Gasteiger partial charge in [0.1, 0.15) is 0 Å². The second-order valence-electron chi connectivity index (χ2n) is 4.82. The van der Waals surface area contributed by atoms with Gasteiger partial charge in [0.05, 0.1) is 4.92 Å². The summed E-state index contributed by atoms with van der Waals surface area (Å²) in [4.78, 5) is 10.0. The van der Waals surface area contributed by atoms with Gasteiger partial charge in [0.2, 0.25) is 10.0 Å². The molecule has 0 spiro atoms. The first kappa shape index (κ1) is 14.7. The van der Waals surface area contributed by atoms with Gasteiger partial charge >= 0.3 is 0 Å². The lowest BCUT2D eigenvalue weighted by molar-refractivity contribution is -0.387. The molecule has 2 N–H and O–H groups in total. The van der Waals surface area contributed by atoms with E-state index in [1.165, 1.54) is 18.2 Å². The summed E-state index contributed by atoms with van der Waals surface area (Å²) in [6.07, 6.45) is 1.68. The quantitative estimate of drug-likeness (QED) is 0.615. The highest BCUT2D eigenvalue weighted by Gasteiger charge is 2.40. The molecule has 1 aliphatic rings. The van der Waals surface area contributed by atoms with E-state index >= 15 is 0 Å². The molecule has 20 heavy (non-hydrogen) atoms. The number of hydrogen-bond acceptors (Lipinski definition) is 5. The highest BCUT2D eigenvalue weighted by atomic mass is 32.2. The van der Waals surface area contributed by atoms with Crippen molar-refractivity contribution in [1.29, 1.82) is 0 Å². The Hall–Kier alpha value is -1.67. The fourth-order valence-electron chi connectivity index (χ4n) is 2.14. The van der Waals surface area contributed by atoms with Crippen molar-refractivity contribution in [2.45, 2.75) is 30.7 Å². The minimum Gasteiger partial charge on any atom is -0.388 e. The average Bonchev–Trinajstić information content (AvgIpc) is 3.15. The lowest BCUT2D eigenvalue weighted by Crippen LogP contribution is -2.27. The number of rotatable bonds is 6. The van der Waals surface area contributed by atoms with Gasteiger partial charge in [0, 0.05) is 24.8 Å². The average molecular weight is 299 g/mol. The van der Waals surface area contributed by atoms with Crippen LogP contribution in [0.5, 0.6) is 0 Å². The minimum absolute atomic E-state index is 0.108. The smallest absolute Gasteiger partial charge is 0.289 e. The van der Waals surface area contributed by atoms with Crippen LogP contribution in [0.4, 0.5) is 11.4 Å². The molecule has 0 aromatic heterocycles. The van der Waals surface area contributed by atoms with Crippen LogP contribution in [0.2, 0.25) is 0 Å². The summed E-state index contributed by atoms with van der Waals surface area (Å²) in [7, 11) is -2.26. The number of anilines is 1. The van der Waals surface area contributed by atoms with Crippen molar-refractivity contribution in [3.05, 3.63) is 28.3 Å². The molecule has 0 aliphatic heterocycles. The molecule has 1 aliphatic carbocycles. The van der Waals surface area contributed by atoms with Crippen LogP contribution in [-0.2, 0) is 10.0 Å². The fraction of sp³-hybridized carbons (Fsp3) is 0.500. The van der Waals surface area contributed by atoms with Crippen molar-refractivity contribution < 1.29 is 13.3 Å². The number of sulfonamides is 1. The van der Waals surface area contributed by atoms with Gasteiger partial charge in [-0.3, -0.25) is 10.1 Å². The third-order valence-electron chi connectivity index (χ3n) is 3.49. The monoisotopic (exact) mass is 299 g/mol. The molecule has 0 radical (unpaired) electrons. The zero-order chi connectivity index (χ0) is 14.9. The molecule has 1 aromatic carbocycles. The van der Waals surface area contributed by atoms with Crippen LogP contribution in [0.25, 0.3) is 0 Å². The Balaban J connectivity index is 2.36. The first-order valence-corrected chi connectivity index (χ1v) is 7.86.